The Morgan fingerprint density at radius 3 is 2.83 bits per heavy atom. The molecule has 0 bridgehead atoms. The third kappa shape index (κ3) is 3.10. The van der Waals surface area contributed by atoms with Gasteiger partial charge in [-0.3, -0.25) is 0 Å². The molecule has 0 radical (unpaired) electrons. The van der Waals surface area contributed by atoms with Crippen molar-refractivity contribution in [3.63, 3.8) is 0 Å². The highest BCUT2D eigenvalue weighted by atomic mass is 19.1. The van der Waals surface area contributed by atoms with Crippen molar-refractivity contribution in [1.82, 2.24) is 19.7 Å². The molecule has 2 aromatic carbocycles. The third-order valence-electron chi connectivity index (χ3n) is 5.63. The molecule has 1 aliphatic rings. The maximum Gasteiger partial charge on any atom is 0.224 e. The van der Waals surface area contributed by atoms with E-state index in [2.05, 4.69) is 32.1 Å². The molecule has 30 heavy (non-hydrogen) atoms. The number of rotatable bonds is 3. The van der Waals surface area contributed by atoms with Gasteiger partial charge in [-0.2, -0.15) is 15.1 Å². The van der Waals surface area contributed by atoms with Crippen molar-refractivity contribution in [2.75, 3.05) is 22.9 Å². The molecule has 4 aromatic rings. The number of fused-ring (bicyclic) bond motifs is 2. The summed E-state index contributed by atoms with van der Waals surface area (Å²) in [5.74, 6) is 0.244. The summed E-state index contributed by atoms with van der Waals surface area (Å²) < 4.78 is 16.3. The topological polar surface area (TPSA) is 98.9 Å². The second kappa shape index (κ2) is 6.98. The molecule has 0 fully saturated rings. The smallest absolute Gasteiger partial charge is 0.224 e. The van der Waals surface area contributed by atoms with Crippen LogP contribution in [0.1, 0.15) is 22.7 Å². The number of anilines is 3. The number of nitrogen functional groups attached to an aromatic ring is 2. The van der Waals surface area contributed by atoms with Crippen molar-refractivity contribution >= 4 is 28.5 Å². The Hall–Kier alpha value is -3.68. The van der Waals surface area contributed by atoms with Gasteiger partial charge in [-0.25, -0.2) is 9.07 Å². The molecule has 0 spiro atoms. The molecule has 4 N–H and O–H groups in total. The third-order valence-corrected chi connectivity index (χ3v) is 5.63. The van der Waals surface area contributed by atoms with E-state index in [1.165, 1.54) is 11.6 Å². The van der Waals surface area contributed by atoms with Crippen molar-refractivity contribution < 1.29 is 4.39 Å². The van der Waals surface area contributed by atoms with E-state index in [1.54, 1.807) is 12.3 Å². The monoisotopic (exact) mass is 403 g/mol. The average molecular weight is 403 g/mol. The van der Waals surface area contributed by atoms with Gasteiger partial charge < -0.3 is 16.4 Å². The van der Waals surface area contributed by atoms with Gasteiger partial charge in [-0.1, -0.05) is 35.9 Å². The van der Waals surface area contributed by atoms with E-state index in [-0.39, 0.29) is 17.8 Å². The molecule has 7 nitrogen and oxygen atoms in total. The molecule has 0 saturated carbocycles. The first kappa shape index (κ1) is 18.4. The zero-order valence-electron chi connectivity index (χ0n) is 16.6. The van der Waals surface area contributed by atoms with Crippen molar-refractivity contribution in [2.24, 2.45) is 0 Å². The van der Waals surface area contributed by atoms with Crippen LogP contribution >= 0.6 is 0 Å². The van der Waals surface area contributed by atoms with Crippen LogP contribution in [0.4, 0.5) is 21.8 Å². The normalized spacial score (nSPS) is 16.1. The Bertz CT molecular complexity index is 1250. The van der Waals surface area contributed by atoms with Crippen molar-refractivity contribution in [3.05, 3.63) is 71.2 Å². The lowest BCUT2D eigenvalue weighted by Gasteiger charge is -2.36. The van der Waals surface area contributed by atoms with Gasteiger partial charge >= 0.3 is 0 Å². The van der Waals surface area contributed by atoms with Gasteiger partial charge in [0.1, 0.15) is 11.6 Å². The van der Waals surface area contributed by atoms with Gasteiger partial charge in [-0.05, 0) is 31.0 Å². The molecule has 0 aliphatic carbocycles. The molecular weight excluding hydrogens is 381 g/mol. The maximum atomic E-state index is 14.5. The van der Waals surface area contributed by atoms with E-state index in [0.717, 1.165) is 17.7 Å². The molecule has 1 unspecified atom stereocenters. The Morgan fingerprint density at radius 2 is 1.97 bits per heavy atom. The molecule has 152 valence electrons. The van der Waals surface area contributed by atoms with E-state index in [4.69, 9.17) is 11.5 Å². The first-order valence-electron chi connectivity index (χ1n) is 9.83. The van der Waals surface area contributed by atoms with Gasteiger partial charge in [0.2, 0.25) is 5.95 Å². The SMILES string of the molecule is Cc1ccc(F)c(CN2CC(n3ncc4c(N)nc(N)nc43)Cc3ccccc32)c1. The Kier molecular flexibility index (Phi) is 4.27. The lowest BCUT2D eigenvalue weighted by atomic mass is 9.97. The molecule has 0 amide bonds. The fourth-order valence-corrected chi connectivity index (χ4v) is 4.24. The van der Waals surface area contributed by atoms with Crippen LogP contribution in [0.3, 0.4) is 0 Å². The number of aromatic nitrogens is 4. The van der Waals surface area contributed by atoms with Crippen LogP contribution in [-0.2, 0) is 13.0 Å². The second-order valence-corrected chi connectivity index (χ2v) is 7.76. The van der Waals surface area contributed by atoms with Gasteiger partial charge in [0.05, 0.1) is 17.6 Å². The zero-order chi connectivity index (χ0) is 20.8. The van der Waals surface area contributed by atoms with Crippen LogP contribution in [0, 0.1) is 12.7 Å². The number of para-hydroxylation sites is 1. The van der Waals surface area contributed by atoms with Crippen molar-refractivity contribution in [3.8, 4) is 0 Å². The van der Waals surface area contributed by atoms with Gasteiger partial charge in [-0.15, -0.1) is 0 Å². The van der Waals surface area contributed by atoms with E-state index < -0.39 is 0 Å². The van der Waals surface area contributed by atoms with E-state index >= 15 is 0 Å². The van der Waals surface area contributed by atoms with Crippen LogP contribution in [-0.4, -0.2) is 26.3 Å². The predicted octanol–water partition coefficient (Wildman–Crippen LogP) is 3.24. The highest BCUT2D eigenvalue weighted by Gasteiger charge is 2.28. The lowest BCUT2D eigenvalue weighted by molar-refractivity contribution is 0.437. The minimum atomic E-state index is -0.196. The molecule has 2 aromatic heterocycles. The van der Waals surface area contributed by atoms with Gasteiger partial charge in [0.25, 0.3) is 0 Å². The fraction of sp³-hybridized carbons (Fsp3) is 0.227. The number of nitrogens with two attached hydrogens (primary N) is 2. The summed E-state index contributed by atoms with van der Waals surface area (Å²) in [5, 5.41) is 5.22. The van der Waals surface area contributed by atoms with E-state index in [1.807, 2.05) is 29.8 Å². The number of hydrogen-bond donors (Lipinski definition) is 2. The number of hydrogen-bond acceptors (Lipinski definition) is 6. The van der Waals surface area contributed by atoms with Crippen LogP contribution < -0.4 is 16.4 Å². The van der Waals surface area contributed by atoms with Crippen molar-refractivity contribution in [2.45, 2.75) is 25.9 Å². The predicted molar refractivity (Wildman–Crippen MR) is 116 cm³/mol. The van der Waals surface area contributed by atoms with Gasteiger partial charge in [0.15, 0.2) is 5.65 Å². The Morgan fingerprint density at radius 1 is 1.13 bits per heavy atom. The number of nitrogens with zero attached hydrogens (tertiary/aromatic N) is 5. The highest BCUT2D eigenvalue weighted by Crippen LogP contribution is 2.34. The Balaban J connectivity index is 1.56. The van der Waals surface area contributed by atoms with Crippen LogP contribution in [0.5, 0.6) is 0 Å². The summed E-state index contributed by atoms with van der Waals surface area (Å²) in [6, 6.07) is 13.4. The summed E-state index contributed by atoms with van der Waals surface area (Å²) in [6.07, 6.45) is 2.46. The fourth-order valence-electron chi connectivity index (χ4n) is 4.24. The van der Waals surface area contributed by atoms with Crippen LogP contribution in [0.25, 0.3) is 11.0 Å². The standard InChI is InChI=1S/C22H22FN7/c1-13-6-7-18(23)15(8-13)11-29-12-16(9-14-4-2-3-5-19(14)29)30-21-17(10-26-30)20(24)27-22(25)28-21/h2-8,10,16H,9,11-12H2,1H3,(H4,24,25,27,28). The molecule has 8 heteroatoms. The van der Waals surface area contributed by atoms with E-state index in [9.17, 15) is 4.39 Å². The van der Waals surface area contributed by atoms with Gasteiger partial charge in [0, 0.05) is 24.3 Å². The van der Waals surface area contributed by atoms with Crippen LogP contribution in [0.15, 0.2) is 48.7 Å². The lowest BCUT2D eigenvalue weighted by Crippen LogP contribution is -2.37. The van der Waals surface area contributed by atoms with Crippen LogP contribution in [0.2, 0.25) is 0 Å². The summed E-state index contributed by atoms with van der Waals surface area (Å²) in [5.41, 5.74) is 16.4. The zero-order valence-corrected chi connectivity index (χ0v) is 16.6. The molecular formula is C22H22FN7. The summed E-state index contributed by atoms with van der Waals surface area (Å²) in [6.45, 7) is 3.10. The average Bonchev–Trinajstić information content (AvgIpc) is 3.15. The van der Waals surface area contributed by atoms with E-state index in [0.29, 0.717) is 35.5 Å². The highest BCUT2D eigenvalue weighted by molar-refractivity contribution is 5.86. The molecule has 0 saturated heterocycles. The second-order valence-electron chi connectivity index (χ2n) is 7.76. The minimum absolute atomic E-state index is 0.000953. The minimum Gasteiger partial charge on any atom is -0.383 e. The molecule has 3 heterocycles. The molecule has 1 atom stereocenters. The first-order valence-corrected chi connectivity index (χ1v) is 9.83. The number of halogens is 1. The quantitative estimate of drug-likeness (QED) is 0.545. The Labute approximate surface area is 173 Å². The summed E-state index contributed by atoms with van der Waals surface area (Å²) in [4.78, 5) is 10.6. The summed E-state index contributed by atoms with van der Waals surface area (Å²) >= 11 is 0. The van der Waals surface area contributed by atoms with Crippen molar-refractivity contribution in [1.29, 1.82) is 0 Å². The number of benzene rings is 2. The summed E-state index contributed by atoms with van der Waals surface area (Å²) in [7, 11) is 0. The number of aryl methyl sites for hydroxylation is 1. The maximum absolute atomic E-state index is 14.5. The largest absolute Gasteiger partial charge is 0.383 e. The molecule has 1 aliphatic heterocycles. The molecule has 5 rings (SSSR count). The first-order chi connectivity index (χ1) is 14.5.